The number of rotatable bonds is 3. The van der Waals surface area contributed by atoms with Crippen molar-refractivity contribution >= 4 is 15.8 Å². The lowest BCUT2D eigenvalue weighted by Gasteiger charge is -2.12. The number of benzene rings is 1. The Hall–Kier alpha value is -1.77. The van der Waals surface area contributed by atoms with Gasteiger partial charge in [-0.3, -0.25) is 0 Å². The van der Waals surface area contributed by atoms with Crippen molar-refractivity contribution < 1.29 is 21.6 Å². The highest BCUT2D eigenvalue weighted by Gasteiger charge is 2.32. The lowest BCUT2D eigenvalue weighted by atomic mass is 10.1. The molecule has 0 spiro atoms. The summed E-state index contributed by atoms with van der Waals surface area (Å²) in [5, 5.41) is 0. The second-order valence-corrected chi connectivity index (χ2v) is 6.72. The minimum atomic E-state index is -4.63. The number of hydrogen-bond donors (Lipinski definition) is 1. The number of guanidine groups is 1. The van der Waals surface area contributed by atoms with E-state index in [2.05, 4.69) is 4.99 Å². The summed E-state index contributed by atoms with van der Waals surface area (Å²) in [5.74, 6) is 0.133. The summed E-state index contributed by atoms with van der Waals surface area (Å²) in [6, 6.07) is 2.63. The summed E-state index contributed by atoms with van der Waals surface area (Å²) >= 11 is 0. The van der Waals surface area contributed by atoms with Gasteiger partial charge in [0.2, 0.25) is 0 Å². The summed E-state index contributed by atoms with van der Waals surface area (Å²) in [6.07, 6.45) is -3.78. The first kappa shape index (κ1) is 17.3. The summed E-state index contributed by atoms with van der Waals surface area (Å²) in [6.45, 7) is -0.142. The first-order valence-corrected chi connectivity index (χ1v) is 7.69. The number of sulfone groups is 1. The van der Waals surface area contributed by atoms with Crippen LogP contribution >= 0.6 is 0 Å². The molecule has 0 radical (unpaired) electrons. The van der Waals surface area contributed by atoms with Crippen LogP contribution in [-0.2, 0) is 22.6 Å². The molecular weight excluding hydrogens is 307 g/mol. The van der Waals surface area contributed by atoms with E-state index in [1.807, 2.05) is 0 Å². The van der Waals surface area contributed by atoms with Crippen molar-refractivity contribution in [2.75, 3.05) is 20.4 Å². The van der Waals surface area contributed by atoms with E-state index in [1.165, 1.54) is 4.90 Å². The molecule has 0 saturated carbocycles. The normalized spacial score (nSPS) is 13.3. The third-order valence-electron chi connectivity index (χ3n) is 2.60. The predicted molar refractivity (Wildman–Crippen MR) is 73.6 cm³/mol. The molecule has 0 bridgehead atoms. The number of aliphatic imine (C=N–C) groups is 1. The summed E-state index contributed by atoms with van der Waals surface area (Å²) in [5.41, 5.74) is 4.64. The SMILES string of the molecule is CN(C)C(N)=NCc1cc(C(F)(F)F)cc(S(C)(=O)=O)c1. The Morgan fingerprint density at radius 3 is 2.29 bits per heavy atom. The fourth-order valence-corrected chi connectivity index (χ4v) is 2.15. The minimum absolute atomic E-state index is 0.120. The van der Waals surface area contributed by atoms with Gasteiger partial charge in [0.25, 0.3) is 0 Å². The molecule has 0 aliphatic carbocycles. The second kappa shape index (κ2) is 5.92. The molecule has 0 amide bonds. The minimum Gasteiger partial charge on any atom is -0.370 e. The summed E-state index contributed by atoms with van der Waals surface area (Å²) < 4.78 is 61.3. The molecule has 1 aromatic rings. The van der Waals surface area contributed by atoms with Gasteiger partial charge in [-0.25, -0.2) is 13.4 Å². The van der Waals surface area contributed by atoms with E-state index >= 15 is 0 Å². The van der Waals surface area contributed by atoms with E-state index in [0.29, 0.717) is 6.07 Å². The van der Waals surface area contributed by atoms with Gasteiger partial charge in [0.05, 0.1) is 17.0 Å². The summed E-state index contributed by atoms with van der Waals surface area (Å²) in [7, 11) is -0.489. The first-order valence-electron chi connectivity index (χ1n) is 5.79. The maximum Gasteiger partial charge on any atom is 0.416 e. The Bertz CT molecular complexity index is 652. The molecule has 0 aliphatic heterocycles. The highest BCUT2D eigenvalue weighted by atomic mass is 32.2. The van der Waals surface area contributed by atoms with Crippen LogP contribution in [0, 0.1) is 0 Å². The van der Waals surface area contributed by atoms with Crippen molar-refractivity contribution in [1.82, 2.24) is 4.90 Å². The maximum absolute atomic E-state index is 12.8. The van der Waals surface area contributed by atoms with E-state index < -0.39 is 26.5 Å². The quantitative estimate of drug-likeness (QED) is 0.675. The largest absolute Gasteiger partial charge is 0.416 e. The highest BCUT2D eigenvalue weighted by molar-refractivity contribution is 7.90. The van der Waals surface area contributed by atoms with Crippen molar-refractivity contribution in [2.24, 2.45) is 10.7 Å². The Balaban J connectivity index is 3.30. The van der Waals surface area contributed by atoms with Gasteiger partial charge in [0.1, 0.15) is 0 Å². The Morgan fingerprint density at radius 1 is 1.29 bits per heavy atom. The van der Waals surface area contributed by atoms with Gasteiger partial charge in [-0.2, -0.15) is 13.2 Å². The highest BCUT2D eigenvalue weighted by Crippen LogP contribution is 2.31. The van der Waals surface area contributed by atoms with E-state index in [-0.39, 0.29) is 18.1 Å². The Kier molecular flexibility index (Phi) is 4.87. The van der Waals surface area contributed by atoms with Crippen LogP contribution in [0.25, 0.3) is 0 Å². The molecule has 0 aliphatic rings. The van der Waals surface area contributed by atoms with Gasteiger partial charge in [-0.1, -0.05) is 0 Å². The van der Waals surface area contributed by atoms with Crippen LogP contribution in [0.1, 0.15) is 11.1 Å². The third kappa shape index (κ3) is 4.92. The zero-order chi connectivity index (χ0) is 16.4. The molecule has 0 fully saturated rings. The van der Waals surface area contributed by atoms with Crippen LogP contribution in [0.2, 0.25) is 0 Å². The molecule has 9 heteroatoms. The van der Waals surface area contributed by atoms with Crippen LogP contribution in [-0.4, -0.2) is 39.6 Å². The predicted octanol–water partition coefficient (Wildman–Crippen LogP) is 1.49. The van der Waals surface area contributed by atoms with Crippen LogP contribution < -0.4 is 5.73 Å². The van der Waals surface area contributed by atoms with E-state index in [1.54, 1.807) is 14.1 Å². The summed E-state index contributed by atoms with van der Waals surface area (Å²) in [4.78, 5) is 4.99. The van der Waals surface area contributed by atoms with Gasteiger partial charge >= 0.3 is 6.18 Å². The number of hydrogen-bond acceptors (Lipinski definition) is 3. The lowest BCUT2D eigenvalue weighted by Crippen LogP contribution is -2.30. The smallest absolute Gasteiger partial charge is 0.370 e. The molecule has 2 N–H and O–H groups in total. The van der Waals surface area contributed by atoms with Crippen molar-refractivity contribution in [1.29, 1.82) is 0 Å². The van der Waals surface area contributed by atoms with Crippen molar-refractivity contribution in [3.05, 3.63) is 29.3 Å². The molecule has 0 saturated heterocycles. The topological polar surface area (TPSA) is 75.8 Å². The van der Waals surface area contributed by atoms with Gasteiger partial charge < -0.3 is 10.6 Å². The van der Waals surface area contributed by atoms with E-state index in [0.717, 1.165) is 18.4 Å². The monoisotopic (exact) mass is 323 g/mol. The zero-order valence-corrected chi connectivity index (χ0v) is 12.6. The van der Waals surface area contributed by atoms with Gasteiger partial charge in [0.15, 0.2) is 15.8 Å². The molecule has 0 heterocycles. The number of alkyl halides is 3. The Labute approximate surface area is 121 Å². The van der Waals surface area contributed by atoms with Crippen LogP contribution in [0.3, 0.4) is 0 Å². The average Bonchev–Trinajstić information content (AvgIpc) is 2.33. The second-order valence-electron chi connectivity index (χ2n) is 4.70. The molecule has 0 aromatic heterocycles. The molecule has 0 unspecified atom stereocenters. The van der Waals surface area contributed by atoms with Crippen molar-refractivity contribution in [2.45, 2.75) is 17.6 Å². The average molecular weight is 323 g/mol. The molecule has 5 nitrogen and oxygen atoms in total. The zero-order valence-electron chi connectivity index (χ0n) is 11.8. The van der Waals surface area contributed by atoms with E-state index in [9.17, 15) is 21.6 Å². The molecule has 1 aromatic carbocycles. The lowest BCUT2D eigenvalue weighted by molar-refractivity contribution is -0.137. The molecule has 118 valence electrons. The molecule has 0 atom stereocenters. The van der Waals surface area contributed by atoms with Crippen molar-refractivity contribution in [3.63, 3.8) is 0 Å². The number of nitrogens with zero attached hydrogens (tertiary/aromatic N) is 2. The fraction of sp³-hybridized carbons (Fsp3) is 0.417. The first-order chi connectivity index (χ1) is 9.41. The fourth-order valence-electron chi connectivity index (χ4n) is 1.44. The van der Waals surface area contributed by atoms with Crippen LogP contribution in [0.5, 0.6) is 0 Å². The number of nitrogens with two attached hydrogens (primary N) is 1. The molecule has 1 rings (SSSR count). The number of halogens is 3. The van der Waals surface area contributed by atoms with E-state index in [4.69, 9.17) is 5.73 Å². The van der Waals surface area contributed by atoms with Gasteiger partial charge in [0, 0.05) is 20.4 Å². The molecular formula is C12H16F3N3O2S. The van der Waals surface area contributed by atoms with Gasteiger partial charge in [-0.05, 0) is 23.8 Å². The third-order valence-corrected chi connectivity index (χ3v) is 3.70. The van der Waals surface area contributed by atoms with Crippen molar-refractivity contribution in [3.8, 4) is 0 Å². The van der Waals surface area contributed by atoms with Crippen LogP contribution in [0.4, 0.5) is 13.2 Å². The maximum atomic E-state index is 12.8. The van der Waals surface area contributed by atoms with Crippen LogP contribution in [0.15, 0.2) is 28.1 Å². The molecule has 21 heavy (non-hydrogen) atoms. The standard InChI is InChI=1S/C12H16F3N3O2S/c1-18(2)11(16)17-7-8-4-9(12(13,14)15)6-10(5-8)21(3,19)20/h4-6H,7H2,1-3H3,(H2,16,17). The Morgan fingerprint density at radius 2 is 1.86 bits per heavy atom. The van der Waals surface area contributed by atoms with Gasteiger partial charge in [-0.15, -0.1) is 0 Å².